The second kappa shape index (κ2) is 13.7. The highest BCUT2D eigenvalue weighted by atomic mass is 32.2. The largest absolute Gasteiger partial charge is 0.288 e. The van der Waals surface area contributed by atoms with Crippen molar-refractivity contribution in [1.82, 2.24) is 0 Å². The third-order valence-corrected chi connectivity index (χ3v) is 7.35. The van der Waals surface area contributed by atoms with Crippen molar-refractivity contribution in [3.8, 4) is 11.8 Å². The second-order valence-electron chi connectivity index (χ2n) is 9.05. The summed E-state index contributed by atoms with van der Waals surface area (Å²) >= 11 is 0.562. The molecule has 32 heavy (non-hydrogen) atoms. The number of halogens is 2. The minimum absolute atomic E-state index is 0.562. The lowest BCUT2D eigenvalue weighted by Crippen LogP contribution is -2.13. The minimum atomic E-state index is -2.39. The van der Waals surface area contributed by atoms with Gasteiger partial charge in [0.05, 0.1) is 0 Å². The molecule has 3 heteroatoms. The van der Waals surface area contributed by atoms with Gasteiger partial charge in [-0.1, -0.05) is 87.6 Å². The molecule has 0 radical (unpaired) electrons. The standard InChI is InChI=1S/C29H36F2S/c1-2-3-4-5-6-7-8-23-11-17-26(18-12-23)27-19-13-24(14-20-27)9-10-25-15-21-28(22-16-25)32-29(30)31/h13-16,19-23,26,29H,2-8,11-12,17-18H2,1H3/t23-,26-. The third-order valence-electron chi connectivity index (χ3n) is 6.63. The topological polar surface area (TPSA) is 0 Å². The van der Waals surface area contributed by atoms with E-state index in [2.05, 4.69) is 43.0 Å². The molecule has 2 aromatic carbocycles. The lowest BCUT2D eigenvalue weighted by molar-refractivity contribution is 0.252. The molecule has 1 aliphatic rings. The zero-order valence-electron chi connectivity index (χ0n) is 19.3. The first-order valence-electron chi connectivity index (χ1n) is 12.3. The van der Waals surface area contributed by atoms with E-state index in [-0.39, 0.29) is 0 Å². The molecule has 0 aromatic heterocycles. The molecule has 1 fully saturated rings. The van der Waals surface area contributed by atoms with Gasteiger partial charge in [-0.05, 0) is 79.5 Å². The molecular formula is C29H36F2S. The Balaban J connectivity index is 1.42. The summed E-state index contributed by atoms with van der Waals surface area (Å²) in [6, 6.07) is 15.7. The predicted molar refractivity (Wildman–Crippen MR) is 133 cm³/mol. The molecule has 172 valence electrons. The van der Waals surface area contributed by atoms with Gasteiger partial charge < -0.3 is 0 Å². The highest BCUT2D eigenvalue weighted by molar-refractivity contribution is 7.99. The number of benzene rings is 2. The maximum Gasteiger partial charge on any atom is 0.288 e. The van der Waals surface area contributed by atoms with E-state index in [4.69, 9.17) is 0 Å². The zero-order valence-corrected chi connectivity index (χ0v) is 20.1. The first kappa shape index (κ1) is 24.8. The highest BCUT2D eigenvalue weighted by Gasteiger charge is 2.21. The molecule has 0 N–H and O–H groups in total. The summed E-state index contributed by atoms with van der Waals surface area (Å²) < 4.78 is 24.8. The quantitative estimate of drug-likeness (QED) is 0.196. The van der Waals surface area contributed by atoms with Crippen LogP contribution in [0, 0.1) is 17.8 Å². The van der Waals surface area contributed by atoms with Crippen molar-refractivity contribution in [2.24, 2.45) is 5.92 Å². The summed E-state index contributed by atoms with van der Waals surface area (Å²) in [5.41, 5.74) is 3.29. The van der Waals surface area contributed by atoms with Crippen molar-refractivity contribution < 1.29 is 8.78 Å². The van der Waals surface area contributed by atoms with Gasteiger partial charge >= 0.3 is 0 Å². The Morgan fingerprint density at radius 1 is 0.781 bits per heavy atom. The Labute approximate surface area is 197 Å². The molecule has 3 rings (SSSR count). The molecule has 1 aliphatic carbocycles. The first-order chi connectivity index (χ1) is 15.6. The van der Waals surface area contributed by atoms with E-state index < -0.39 is 5.76 Å². The summed E-state index contributed by atoms with van der Waals surface area (Å²) in [7, 11) is 0. The van der Waals surface area contributed by atoms with Crippen LogP contribution in [0.25, 0.3) is 0 Å². The average Bonchev–Trinajstić information content (AvgIpc) is 2.81. The number of unbranched alkanes of at least 4 members (excludes halogenated alkanes) is 5. The van der Waals surface area contributed by atoms with E-state index in [9.17, 15) is 8.78 Å². The Bertz CT molecular complexity index is 837. The van der Waals surface area contributed by atoms with E-state index in [1.165, 1.54) is 76.2 Å². The predicted octanol–water partition coefficient (Wildman–Crippen LogP) is 9.43. The molecule has 0 bridgehead atoms. The van der Waals surface area contributed by atoms with Crippen molar-refractivity contribution >= 4 is 11.8 Å². The summed E-state index contributed by atoms with van der Waals surface area (Å²) in [5, 5.41) is 0. The fourth-order valence-corrected chi connectivity index (χ4v) is 5.20. The minimum Gasteiger partial charge on any atom is -0.198 e. The molecule has 0 unspecified atom stereocenters. The van der Waals surface area contributed by atoms with Crippen LogP contribution in [0.3, 0.4) is 0 Å². The van der Waals surface area contributed by atoms with Crippen LogP contribution in [0.4, 0.5) is 8.78 Å². The third kappa shape index (κ3) is 8.62. The van der Waals surface area contributed by atoms with Crippen LogP contribution in [-0.2, 0) is 0 Å². The van der Waals surface area contributed by atoms with Crippen molar-refractivity contribution in [2.75, 3.05) is 0 Å². The summed E-state index contributed by atoms with van der Waals surface area (Å²) in [5.74, 6) is 5.57. The number of hydrogen-bond acceptors (Lipinski definition) is 1. The molecular weight excluding hydrogens is 418 g/mol. The first-order valence-corrected chi connectivity index (χ1v) is 13.2. The van der Waals surface area contributed by atoms with Gasteiger partial charge in [0.25, 0.3) is 5.76 Å². The Hall–Kier alpha value is -1.79. The Kier molecular flexibility index (Phi) is 10.6. The van der Waals surface area contributed by atoms with Crippen molar-refractivity contribution in [3.63, 3.8) is 0 Å². The fraction of sp³-hybridized carbons (Fsp3) is 0.517. The van der Waals surface area contributed by atoms with Gasteiger partial charge in [-0.15, -0.1) is 0 Å². The lowest BCUT2D eigenvalue weighted by atomic mass is 9.77. The Morgan fingerprint density at radius 3 is 1.94 bits per heavy atom. The van der Waals surface area contributed by atoms with Crippen LogP contribution >= 0.6 is 11.8 Å². The molecule has 0 aliphatic heterocycles. The molecule has 0 amide bonds. The number of hydrogen-bond donors (Lipinski definition) is 0. The van der Waals surface area contributed by atoms with E-state index in [1.807, 2.05) is 0 Å². The monoisotopic (exact) mass is 454 g/mol. The fourth-order valence-electron chi connectivity index (χ4n) is 4.70. The molecule has 0 spiro atoms. The van der Waals surface area contributed by atoms with E-state index in [0.29, 0.717) is 22.6 Å². The normalized spacial score (nSPS) is 18.4. The van der Waals surface area contributed by atoms with E-state index in [1.54, 1.807) is 24.3 Å². The van der Waals surface area contributed by atoms with Crippen LogP contribution < -0.4 is 0 Å². The summed E-state index contributed by atoms with van der Waals surface area (Å²) in [6.07, 6.45) is 15.2. The molecule has 0 heterocycles. The van der Waals surface area contributed by atoms with Gasteiger partial charge in [-0.3, -0.25) is 0 Å². The second-order valence-corrected chi connectivity index (χ2v) is 10.1. The van der Waals surface area contributed by atoms with Gasteiger partial charge in [-0.25, -0.2) is 0 Å². The number of thioether (sulfide) groups is 1. The van der Waals surface area contributed by atoms with Crippen LogP contribution in [0.1, 0.15) is 100 Å². The maximum atomic E-state index is 12.4. The van der Waals surface area contributed by atoms with Gasteiger partial charge in [0.2, 0.25) is 0 Å². The zero-order chi connectivity index (χ0) is 22.6. The molecule has 0 nitrogen and oxygen atoms in total. The Morgan fingerprint density at radius 2 is 1.34 bits per heavy atom. The van der Waals surface area contributed by atoms with Gasteiger partial charge in [-0.2, -0.15) is 8.78 Å². The van der Waals surface area contributed by atoms with Crippen LogP contribution in [-0.4, -0.2) is 5.76 Å². The molecule has 0 saturated heterocycles. The SMILES string of the molecule is CCCCCCCC[C@H]1CC[C@H](c2ccc(C#Cc3ccc(SC(F)F)cc3)cc2)CC1. The molecule has 0 atom stereocenters. The van der Waals surface area contributed by atoms with Gasteiger partial charge in [0, 0.05) is 16.0 Å². The summed E-state index contributed by atoms with van der Waals surface area (Å²) in [6.45, 7) is 2.28. The lowest BCUT2D eigenvalue weighted by Gasteiger charge is -2.29. The van der Waals surface area contributed by atoms with Crippen molar-refractivity contribution in [3.05, 3.63) is 65.2 Å². The van der Waals surface area contributed by atoms with E-state index >= 15 is 0 Å². The molecule has 1 saturated carbocycles. The summed E-state index contributed by atoms with van der Waals surface area (Å²) in [4.78, 5) is 0.566. The van der Waals surface area contributed by atoms with Crippen LogP contribution in [0.15, 0.2) is 53.4 Å². The highest BCUT2D eigenvalue weighted by Crippen LogP contribution is 2.37. The van der Waals surface area contributed by atoms with Crippen LogP contribution in [0.2, 0.25) is 0 Å². The van der Waals surface area contributed by atoms with Crippen LogP contribution in [0.5, 0.6) is 0 Å². The van der Waals surface area contributed by atoms with E-state index in [0.717, 1.165) is 17.0 Å². The smallest absolute Gasteiger partial charge is 0.198 e. The number of rotatable bonds is 10. The van der Waals surface area contributed by atoms with Crippen molar-refractivity contribution in [2.45, 2.75) is 94.1 Å². The molecule has 2 aromatic rings. The van der Waals surface area contributed by atoms with Crippen molar-refractivity contribution in [1.29, 1.82) is 0 Å². The average molecular weight is 455 g/mol. The van der Waals surface area contributed by atoms with Gasteiger partial charge in [0.15, 0.2) is 0 Å². The number of alkyl halides is 2. The van der Waals surface area contributed by atoms with Gasteiger partial charge in [0.1, 0.15) is 0 Å². The maximum absolute atomic E-state index is 12.4.